The van der Waals surface area contributed by atoms with Gasteiger partial charge in [0, 0.05) is 6.54 Å². The Labute approximate surface area is 66.7 Å². The van der Waals surface area contributed by atoms with Crippen molar-refractivity contribution in [2.75, 3.05) is 13.2 Å². The molecule has 0 atom stereocenters. The largest absolute Gasteiger partial charge is 0.399 e. The van der Waals surface area contributed by atoms with Crippen LogP contribution in [-0.4, -0.2) is 24.5 Å². The Morgan fingerprint density at radius 2 is 2.09 bits per heavy atom. The lowest BCUT2D eigenvalue weighted by Crippen LogP contribution is -2.36. The Kier molecular flexibility index (Phi) is 4.25. The van der Waals surface area contributed by atoms with Crippen LogP contribution < -0.4 is 5.32 Å². The molecule has 11 heavy (non-hydrogen) atoms. The molecule has 1 amide bonds. The first-order valence-electron chi connectivity index (χ1n) is 2.89. The van der Waals surface area contributed by atoms with E-state index in [2.05, 4.69) is 11.6 Å². The molecule has 0 aliphatic carbocycles. The van der Waals surface area contributed by atoms with Gasteiger partial charge in [0.2, 0.25) is 0 Å². The quantitative estimate of drug-likeness (QED) is 0.524. The third-order valence-corrected chi connectivity index (χ3v) is 1.03. The van der Waals surface area contributed by atoms with E-state index in [4.69, 9.17) is 0 Å². The molecule has 1 N–H and O–H groups in total. The summed E-state index contributed by atoms with van der Waals surface area (Å²) in [5, 5.41) is -2.13. The minimum atomic E-state index is -3.89. The topological polar surface area (TPSA) is 29.1 Å². The first-order chi connectivity index (χ1) is 4.98. The van der Waals surface area contributed by atoms with Crippen molar-refractivity contribution >= 4 is 17.5 Å². The Bertz CT molecular complexity index is 136. The number of hydrogen-bond donors (Lipinski definition) is 1. The van der Waals surface area contributed by atoms with E-state index in [-0.39, 0.29) is 13.0 Å². The molecule has 0 spiro atoms. The lowest BCUT2D eigenvalue weighted by Gasteiger charge is -2.07. The van der Waals surface area contributed by atoms with E-state index in [1.54, 1.807) is 5.32 Å². The van der Waals surface area contributed by atoms with Crippen molar-refractivity contribution in [2.45, 2.75) is 11.8 Å². The molecular formula is C5H7ClF3NO. The summed E-state index contributed by atoms with van der Waals surface area (Å²) in [4.78, 5) is 10.2. The third kappa shape index (κ3) is 4.89. The van der Waals surface area contributed by atoms with Crippen LogP contribution in [0, 0.1) is 0 Å². The first kappa shape index (κ1) is 10.5. The zero-order valence-corrected chi connectivity index (χ0v) is 6.30. The zero-order chi connectivity index (χ0) is 8.91. The molecule has 0 rings (SSSR count). The molecule has 0 aromatic heterocycles. The zero-order valence-electron chi connectivity index (χ0n) is 5.54. The van der Waals surface area contributed by atoms with E-state index >= 15 is 0 Å². The molecule has 0 heterocycles. The maximum absolute atomic E-state index is 11.8. The SMILES string of the molecule is O=C(NCCCF)C(F)(F)Cl. The second-order valence-corrected chi connectivity index (χ2v) is 2.27. The highest BCUT2D eigenvalue weighted by molar-refractivity contribution is 6.32. The average Bonchev–Trinajstić information content (AvgIpc) is 1.86. The fourth-order valence-electron chi connectivity index (χ4n) is 0.369. The number of nitrogens with one attached hydrogen (secondary N) is 1. The number of amides is 1. The van der Waals surface area contributed by atoms with E-state index in [0.717, 1.165) is 0 Å². The lowest BCUT2D eigenvalue weighted by atomic mass is 10.4. The van der Waals surface area contributed by atoms with Gasteiger partial charge in [0.1, 0.15) is 0 Å². The summed E-state index contributed by atoms with van der Waals surface area (Å²) in [6.07, 6.45) is 0.0126. The Morgan fingerprint density at radius 1 is 1.55 bits per heavy atom. The van der Waals surface area contributed by atoms with Crippen molar-refractivity contribution in [1.29, 1.82) is 0 Å². The lowest BCUT2D eigenvalue weighted by molar-refractivity contribution is -0.135. The number of carbonyl (C=O) groups excluding carboxylic acids is 1. The van der Waals surface area contributed by atoms with Gasteiger partial charge >= 0.3 is 11.3 Å². The van der Waals surface area contributed by atoms with Gasteiger partial charge < -0.3 is 5.32 Å². The molecule has 0 fully saturated rings. The summed E-state index contributed by atoms with van der Waals surface area (Å²) in [5.74, 6) is -1.59. The predicted molar refractivity (Wildman–Crippen MR) is 34.4 cm³/mol. The highest BCUT2D eigenvalue weighted by Gasteiger charge is 2.35. The second kappa shape index (κ2) is 4.43. The number of alkyl halides is 4. The summed E-state index contributed by atoms with van der Waals surface area (Å²) in [7, 11) is 0. The fraction of sp³-hybridized carbons (Fsp3) is 0.800. The van der Waals surface area contributed by atoms with Crippen LogP contribution in [0.4, 0.5) is 13.2 Å². The molecule has 0 bridgehead atoms. The molecule has 0 saturated heterocycles. The normalized spacial score (nSPS) is 11.3. The summed E-state index contributed by atoms with van der Waals surface area (Å²) in [5.41, 5.74) is 0. The Morgan fingerprint density at radius 3 is 2.45 bits per heavy atom. The Balaban J connectivity index is 3.54. The maximum Gasteiger partial charge on any atom is 0.399 e. The molecule has 0 aliphatic heterocycles. The number of hydrogen-bond acceptors (Lipinski definition) is 1. The van der Waals surface area contributed by atoms with Crippen LogP contribution in [0.2, 0.25) is 0 Å². The highest BCUT2D eigenvalue weighted by Crippen LogP contribution is 2.17. The van der Waals surface area contributed by atoms with Gasteiger partial charge in [0.15, 0.2) is 0 Å². The van der Waals surface area contributed by atoms with Gasteiger partial charge in [-0.15, -0.1) is 0 Å². The monoisotopic (exact) mass is 189 g/mol. The Hall–Kier alpha value is -0.450. The molecule has 0 unspecified atom stereocenters. The van der Waals surface area contributed by atoms with E-state index in [9.17, 15) is 18.0 Å². The van der Waals surface area contributed by atoms with Crippen molar-refractivity contribution in [3.05, 3.63) is 0 Å². The summed E-state index contributed by atoms with van der Waals surface area (Å²) < 4.78 is 35.0. The van der Waals surface area contributed by atoms with Gasteiger partial charge in [-0.3, -0.25) is 9.18 Å². The van der Waals surface area contributed by atoms with Crippen molar-refractivity contribution < 1.29 is 18.0 Å². The molecule has 2 nitrogen and oxygen atoms in total. The summed E-state index contributed by atoms with van der Waals surface area (Å²) in [6, 6.07) is 0. The number of rotatable bonds is 4. The van der Waals surface area contributed by atoms with Gasteiger partial charge in [-0.05, 0) is 18.0 Å². The molecule has 66 valence electrons. The smallest absolute Gasteiger partial charge is 0.350 e. The number of halogens is 4. The summed E-state index contributed by atoms with van der Waals surface area (Å²) >= 11 is 4.32. The molecular weight excluding hydrogens is 183 g/mol. The molecule has 0 saturated carbocycles. The van der Waals surface area contributed by atoms with Crippen LogP contribution in [0.25, 0.3) is 0 Å². The van der Waals surface area contributed by atoms with Crippen LogP contribution in [0.5, 0.6) is 0 Å². The van der Waals surface area contributed by atoms with Crippen molar-refractivity contribution in [2.24, 2.45) is 0 Å². The predicted octanol–water partition coefficient (Wildman–Crippen LogP) is 1.29. The van der Waals surface area contributed by atoms with Crippen LogP contribution in [0.3, 0.4) is 0 Å². The second-order valence-electron chi connectivity index (χ2n) is 1.80. The van der Waals surface area contributed by atoms with E-state index < -0.39 is 18.0 Å². The van der Waals surface area contributed by atoms with Gasteiger partial charge in [-0.2, -0.15) is 8.78 Å². The van der Waals surface area contributed by atoms with Crippen LogP contribution in [0.15, 0.2) is 0 Å². The van der Waals surface area contributed by atoms with E-state index in [0.29, 0.717) is 0 Å². The van der Waals surface area contributed by atoms with Crippen LogP contribution in [-0.2, 0) is 4.79 Å². The van der Waals surface area contributed by atoms with Crippen molar-refractivity contribution in [3.8, 4) is 0 Å². The molecule has 0 aromatic carbocycles. The van der Waals surface area contributed by atoms with E-state index in [1.807, 2.05) is 0 Å². The van der Waals surface area contributed by atoms with Crippen molar-refractivity contribution in [3.63, 3.8) is 0 Å². The highest BCUT2D eigenvalue weighted by atomic mass is 35.5. The van der Waals surface area contributed by atoms with Crippen LogP contribution >= 0.6 is 11.6 Å². The molecule has 6 heteroatoms. The summed E-state index contributed by atoms with van der Waals surface area (Å²) in [6.45, 7) is -0.786. The van der Waals surface area contributed by atoms with E-state index in [1.165, 1.54) is 0 Å². The standard InChI is InChI=1S/C5H7ClF3NO/c6-5(8,9)4(11)10-3-1-2-7/h1-3H2,(H,10,11). The van der Waals surface area contributed by atoms with Gasteiger partial charge in [0.25, 0.3) is 0 Å². The number of carbonyl (C=O) groups is 1. The minimum absolute atomic E-state index is 0.0126. The van der Waals surface area contributed by atoms with Crippen LogP contribution in [0.1, 0.15) is 6.42 Å². The van der Waals surface area contributed by atoms with Crippen molar-refractivity contribution in [1.82, 2.24) is 5.32 Å². The first-order valence-corrected chi connectivity index (χ1v) is 3.27. The molecule has 0 radical (unpaired) electrons. The maximum atomic E-state index is 11.8. The fourth-order valence-corrected chi connectivity index (χ4v) is 0.436. The average molecular weight is 190 g/mol. The van der Waals surface area contributed by atoms with Gasteiger partial charge in [-0.1, -0.05) is 0 Å². The van der Waals surface area contributed by atoms with Gasteiger partial charge in [-0.25, -0.2) is 0 Å². The molecule has 0 aliphatic rings. The van der Waals surface area contributed by atoms with Gasteiger partial charge in [0.05, 0.1) is 6.67 Å². The third-order valence-electron chi connectivity index (χ3n) is 0.853. The molecule has 0 aromatic rings. The minimum Gasteiger partial charge on any atom is -0.350 e.